The van der Waals surface area contributed by atoms with Gasteiger partial charge in [-0.1, -0.05) is 18.2 Å². The van der Waals surface area contributed by atoms with Gasteiger partial charge in [0.1, 0.15) is 0 Å². The second-order valence-corrected chi connectivity index (χ2v) is 4.95. The summed E-state index contributed by atoms with van der Waals surface area (Å²) >= 11 is 0. The van der Waals surface area contributed by atoms with Crippen molar-refractivity contribution >= 4 is 10.9 Å². The summed E-state index contributed by atoms with van der Waals surface area (Å²) in [5.74, 6) is 0. The van der Waals surface area contributed by atoms with E-state index in [9.17, 15) is 0 Å². The lowest BCUT2D eigenvalue weighted by molar-refractivity contribution is 0.0365. The Morgan fingerprint density at radius 2 is 1.89 bits per heavy atom. The number of para-hydroxylation sites is 1. The Morgan fingerprint density at radius 3 is 2.72 bits per heavy atom. The van der Waals surface area contributed by atoms with Gasteiger partial charge in [-0.25, -0.2) is 0 Å². The summed E-state index contributed by atoms with van der Waals surface area (Å²) < 4.78 is 7.80. The summed E-state index contributed by atoms with van der Waals surface area (Å²) in [6.07, 6.45) is 0. The van der Waals surface area contributed by atoms with Crippen LogP contribution in [-0.2, 0) is 11.3 Å². The quantitative estimate of drug-likeness (QED) is 0.824. The fraction of sp³-hybridized carbons (Fsp3) is 0.467. The smallest absolute Gasteiger partial charge is 0.0594 e. The molecule has 3 nitrogen and oxygen atoms in total. The average Bonchev–Trinajstić information content (AvgIpc) is 2.73. The number of aryl methyl sites for hydroxylation is 1. The molecule has 1 aliphatic rings. The zero-order valence-corrected chi connectivity index (χ0v) is 10.9. The standard InChI is InChI=1S/C15H20N2O/c1-13-12-14-4-2-3-5-15(14)17(13)7-6-16-8-10-18-11-9-16/h2-5,12H,6-11H2,1H3. The van der Waals surface area contributed by atoms with E-state index in [1.54, 1.807) is 0 Å². The predicted octanol–water partition coefficient (Wildman–Crippen LogP) is 2.28. The van der Waals surface area contributed by atoms with Gasteiger partial charge < -0.3 is 9.30 Å². The van der Waals surface area contributed by atoms with Crippen LogP contribution in [-0.4, -0.2) is 42.3 Å². The van der Waals surface area contributed by atoms with Crippen molar-refractivity contribution in [3.63, 3.8) is 0 Å². The number of benzene rings is 1. The molecule has 0 atom stereocenters. The molecule has 1 saturated heterocycles. The number of rotatable bonds is 3. The second-order valence-electron chi connectivity index (χ2n) is 4.95. The van der Waals surface area contributed by atoms with Crippen LogP contribution in [0.1, 0.15) is 5.69 Å². The number of nitrogens with zero attached hydrogens (tertiary/aromatic N) is 2. The summed E-state index contributed by atoms with van der Waals surface area (Å²) in [6, 6.07) is 10.9. The summed E-state index contributed by atoms with van der Waals surface area (Å²) in [4.78, 5) is 2.48. The van der Waals surface area contributed by atoms with E-state index in [2.05, 4.69) is 46.7 Å². The maximum atomic E-state index is 5.38. The molecule has 1 fully saturated rings. The molecule has 1 aliphatic heterocycles. The van der Waals surface area contributed by atoms with Crippen LogP contribution in [0.25, 0.3) is 10.9 Å². The fourth-order valence-electron chi connectivity index (χ4n) is 2.71. The molecule has 2 heterocycles. The van der Waals surface area contributed by atoms with Crippen LogP contribution in [0.2, 0.25) is 0 Å². The Kier molecular flexibility index (Phi) is 3.35. The van der Waals surface area contributed by atoms with Crippen molar-refractivity contribution in [2.45, 2.75) is 13.5 Å². The molecule has 0 saturated carbocycles. The topological polar surface area (TPSA) is 17.4 Å². The third-order valence-corrected chi connectivity index (χ3v) is 3.76. The van der Waals surface area contributed by atoms with Gasteiger partial charge in [-0.3, -0.25) is 4.90 Å². The molecule has 1 aromatic heterocycles. The van der Waals surface area contributed by atoms with Gasteiger partial charge in [-0.05, 0) is 24.4 Å². The van der Waals surface area contributed by atoms with Gasteiger partial charge in [0.15, 0.2) is 0 Å². The zero-order valence-electron chi connectivity index (χ0n) is 10.9. The highest BCUT2D eigenvalue weighted by Crippen LogP contribution is 2.19. The van der Waals surface area contributed by atoms with E-state index in [1.807, 2.05) is 0 Å². The third-order valence-electron chi connectivity index (χ3n) is 3.76. The normalized spacial score (nSPS) is 17.4. The molecule has 96 valence electrons. The van der Waals surface area contributed by atoms with Crippen molar-refractivity contribution < 1.29 is 4.74 Å². The van der Waals surface area contributed by atoms with E-state index in [4.69, 9.17) is 4.74 Å². The Hall–Kier alpha value is -1.32. The van der Waals surface area contributed by atoms with Crippen molar-refractivity contribution in [3.05, 3.63) is 36.0 Å². The molecule has 0 bridgehead atoms. The van der Waals surface area contributed by atoms with E-state index in [-0.39, 0.29) is 0 Å². The van der Waals surface area contributed by atoms with Crippen molar-refractivity contribution in [3.8, 4) is 0 Å². The number of hydrogen-bond acceptors (Lipinski definition) is 2. The molecule has 1 aromatic carbocycles. The summed E-state index contributed by atoms with van der Waals surface area (Å²) in [7, 11) is 0. The molecule has 0 N–H and O–H groups in total. The number of aromatic nitrogens is 1. The molecule has 2 aromatic rings. The highest BCUT2D eigenvalue weighted by molar-refractivity contribution is 5.81. The Labute approximate surface area is 108 Å². The van der Waals surface area contributed by atoms with Crippen LogP contribution in [0.15, 0.2) is 30.3 Å². The maximum absolute atomic E-state index is 5.38. The molecule has 18 heavy (non-hydrogen) atoms. The SMILES string of the molecule is Cc1cc2ccccc2n1CCN1CCOCC1. The number of morpholine rings is 1. The second kappa shape index (κ2) is 5.12. The molecule has 0 aliphatic carbocycles. The minimum atomic E-state index is 0.880. The summed E-state index contributed by atoms with van der Waals surface area (Å²) in [5.41, 5.74) is 2.70. The van der Waals surface area contributed by atoms with Crippen LogP contribution in [0, 0.1) is 6.92 Å². The van der Waals surface area contributed by atoms with Crippen molar-refractivity contribution in [1.29, 1.82) is 0 Å². The number of ether oxygens (including phenoxy) is 1. The Morgan fingerprint density at radius 1 is 1.11 bits per heavy atom. The van der Waals surface area contributed by atoms with Crippen LogP contribution >= 0.6 is 0 Å². The van der Waals surface area contributed by atoms with E-state index in [1.165, 1.54) is 16.6 Å². The molecule has 0 radical (unpaired) electrons. The predicted molar refractivity (Wildman–Crippen MR) is 73.9 cm³/mol. The fourth-order valence-corrected chi connectivity index (χ4v) is 2.71. The van der Waals surface area contributed by atoms with Gasteiger partial charge >= 0.3 is 0 Å². The summed E-state index contributed by atoms with van der Waals surface area (Å²) in [5, 5.41) is 1.34. The van der Waals surface area contributed by atoms with E-state index in [0.29, 0.717) is 0 Å². The first-order chi connectivity index (χ1) is 8.84. The van der Waals surface area contributed by atoms with Gasteiger partial charge in [0, 0.05) is 37.4 Å². The Balaban J connectivity index is 1.75. The molecule has 0 amide bonds. The average molecular weight is 244 g/mol. The van der Waals surface area contributed by atoms with Crippen LogP contribution in [0.5, 0.6) is 0 Å². The van der Waals surface area contributed by atoms with Crippen molar-refractivity contribution in [2.75, 3.05) is 32.8 Å². The van der Waals surface area contributed by atoms with Crippen LogP contribution in [0.4, 0.5) is 0 Å². The first-order valence-electron chi connectivity index (χ1n) is 6.69. The minimum Gasteiger partial charge on any atom is -0.379 e. The van der Waals surface area contributed by atoms with Crippen LogP contribution < -0.4 is 0 Å². The van der Waals surface area contributed by atoms with Gasteiger partial charge in [0.2, 0.25) is 0 Å². The minimum absolute atomic E-state index is 0.880. The molecule has 0 spiro atoms. The third kappa shape index (κ3) is 2.28. The molecular formula is C15H20N2O. The number of fused-ring (bicyclic) bond motifs is 1. The molecule has 3 heteroatoms. The van der Waals surface area contributed by atoms with Crippen LogP contribution in [0.3, 0.4) is 0 Å². The molecule has 0 unspecified atom stereocenters. The Bertz CT molecular complexity index is 526. The molecule has 3 rings (SSSR count). The van der Waals surface area contributed by atoms with Crippen molar-refractivity contribution in [2.24, 2.45) is 0 Å². The monoisotopic (exact) mass is 244 g/mol. The van der Waals surface area contributed by atoms with Gasteiger partial charge in [-0.15, -0.1) is 0 Å². The lowest BCUT2D eigenvalue weighted by Gasteiger charge is -2.27. The molecular weight excluding hydrogens is 224 g/mol. The highest BCUT2D eigenvalue weighted by atomic mass is 16.5. The highest BCUT2D eigenvalue weighted by Gasteiger charge is 2.11. The first kappa shape index (κ1) is 11.8. The van der Waals surface area contributed by atoms with Gasteiger partial charge in [0.05, 0.1) is 13.2 Å². The first-order valence-corrected chi connectivity index (χ1v) is 6.69. The lowest BCUT2D eigenvalue weighted by atomic mass is 10.2. The van der Waals surface area contributed by atoms with E-state index in [0.717, 1.165) is 39.4 Å². The lowest BCUT2D eigenvalue weighted by Crippen LogP contribution is -2.38. The van der Waals surface area contributed by atoms with Gasteiger partial charge in [0.25, 0.3) is 0 Å². The van der Waals surface area contributed by atoms with E-state index >= 15 is 0 Å². The van der Waals surface area contributed by atoms with Crippen molar-refractivity contribution in [1.82, 2.24) is 9.47 Å². The van der Waals surface area contributed by atoms with E-state index < -0.39 is 0 Å². The summed E-state index contributed by atoms with van der Waals surface area (Å²) in [6.45, 7) is 8.27. The number of hydrogen-bond donors (Lipinski definition) is 0. The maximum Gasteiger partial charge on any atom is 0.0594 e. The van der Waals surface area contributed by atoms with Gasteiger partial charge in [-0.2, -0.15) is 0 Å². The zero-order chi connectivity index (χ0) is 12.4. The largest absolute Gasteiger partial charge is 0.379 e.